The van der Waals surface area contributed by atoms with Gasteiger partial charge in [-0.25, -0.2) is 22.0 Å². The molecule has 29 heavy (non-hydrogen) atoms. The molecule has 10 heteroatoms. The van der Waals surface area contributed by atoms with Gasteiger partial charge in [-0.3, -0.25) is 0 Å². The van der Waals surface area contributed by atoms with E-state index in [9.17, 15) is 22.0 Å². The molecule has 0 saturated carbocycles. The van der Waals surface area contributed by atoms with Gasteiger partial charge in [0.25, 0.3) is 0 Å². The fraction of sp³-hybridized carbons (Fsp3) is 0.684. The molecule has 1 aromatic carbocycles. The molecule has 0 saturated heterocycles. The van der Waals surface area contributed by atoms with Crippen molar-refractivity contribution in [2.45, 2.75) is 59.1 Å². The molecule has 2 nitrogen and oxygen atoms in total. The van der Waals surface area contributed by atoms with Crippen LogP contribution in [0.15, 0.2) is 0 Å². The Morgan fingerprint density at radius 3 is 1.52 bits per heavy atom. The van der Waals surface area contributed by atoms with Crippen LogP contribution in [0.5, 0.6) is 0 Å². The summed E-state index contributed by atoms with van der Waals surface area (Å²) in [5.41, 5.74) is -3.93. The van der Waals surface area contributed by atoms with Crippen molar-refractivity contribution in [2.75, 3.05) is 13.2 Å². The minimum Gasteiger partial charge on any atom is -0.322 e. The van der Waals surface area contributed by atoms with Crippen LogP contribution in [0.3, 0.4) is 0 Å². The molecule has 0 aromatic heterocycles. The van der Waals surface area contributed by atoms with Crippen LogP contribution in [0.25, 0.3) is 0 Å². The van der Waals surface area contributed by atoms with Crippen molar-refractivity contribution in [3.63, 3.8) is 0 Å². The van der Waals surface area contributed by atoms with Crippen molar-refractivity contribution in [3.8, 4) is 0 Å². The zero-order chi connectivity index (χ0) is 22.2. The Kier molecular flexibility index (Phi) is 11.7. The molecule has 0 aliphatic heterocycles. The lowest BCUT2D eigenvalue weighted by Crippen LogP contribution is -2.07. The highest BCUT2D eigenvalue weighted by Gasteiger charge is 2.28. The second-order valence-electron chi connectivity index (χ2n) is 7.51. The predicted octanol–water partition coefficient (Wildman–Crippen LogP) is 7.75. The van der Waals surface area contributed by atoms with E-state index in [1.807, 2.05) is 0 Å². The highest BCUT2D eigenvalue weighted by Crippen LogP contribution is 2.62. The fourth-order valence-electron chi connectivity index (χ4n) is 2.37. The molecule has 1 rings (SSSR count). The van der Waals surface area contributed by atoms with Crippen LogP contribution in [-0.2, 0) is 26.6 Å². The van der Waals surface area contributed by atoms with E-state index in [2.05, 4.69) is 27.7 Å². The van der Waals surface area contributed by atoms with Crippen molar-refractivity contribution < 1.29 is 31.0 Å². The molecule has 0 spiro atoms. The second kappa shape index (κ2) is 12.6. The van der Waals surface area contributed by atoms with Gasteiger partial charge in [0.1, 0.15) is 0 Å². The molecule has 0 heterocycles. The summed E-state index contributed by atoms with van der Waals surface area (Å²) in [5, 5.41) is 0. The van der Waals surface area contributed by atoms with E-state index >= 15 is 0 Å². The quantitative estimate of drug-likeness (QED) is 0.0948. The first-order chi connectivity index (χ1) is 13.5. The zero-order valence-corrected chi connectivity index (χ0v) is 19.6. The van der Waals surface area contributed by atoms with Gasteiger partial charge in [0.2, 0.25) is 11.5 Å². The SMILES string of the molecule is CC(C)CCCOP(=S)(OCCCC(C)C)SCc1c(F)c(F)c(F)c(F)c1F. The van der Waals surface area contributed by atoms with Crippen molar-refractivity contribution >= 4 is 28.9 Å². The largest absolute Gasteiger partial charge is 0.322 e. The standard InChI is InChI=1S/C19H28F5O2PS2/c1-12(2)7-5-9-25-27(28,26-10-6-8-13(3)4)29-11-14-15(20)17(22)19(24)18(23)16(14)21/h12-13H,5-11H2,1-4H3. The molecule has 0 fully saturated rings. The summed E-state index contributed by atoms with van der Waals surface area (Å²) >= 11 is 6.25. The molecule has 0 aliphatic carbocycles. The highest BCUT2D eigenvalue weighted by molar-refractivity contribution is 8.67. The Bertz CT molecular complexity index is 667. The fourth-order valence-corrected chi connectivity index (χ4v) is 6.52. The molecule has 0 aliphatic rings. The first-order valence-corrected chi connectivity index (χ1v) is 13.7. The van der Waals surface area contributed by atoms with Crippen LogP contribution in [0.4, 0.5) is 22.0 Å². The molecule has 0 bridgehead atoms. The molecular formula is C19H28F5O2PS2. The lowest BCUT2D eigenvalue weighted by molar-refractivity contribution is 0.244. The molecule has 0 unspecified atom stereocenters. The van der Waals surface area contributed by atoms with Crippen molar-refractivity contribution in [1.29, 1.82) is 0 Å². The number of hydrogen-bond donors (Lipinski definition) is 0. The molecule has 0 atom stereocenters. The van der Waals surface area contributed by atoms with Crippen LogP contribution in [0.2, 0.25) is 0 Å². The van der Waals surface area contributed by atoms with E-state index in [1.165, 1.54) is 0 Å². The Labute approximate surface area is 178 Å². The molecule has 0 N–H and O–H groups in total. The molecular weight excluding hydrogens is 450 g/mol. The minimum atomic E-state index is -3.01. The molecule has 0 radical (unpaired) electrons. The van der Waals surface area contributed by atoms with Crippen LogP contribution in [0.1, 0.15) is 58.9 Å². The summed E-state index contributed by atoms with van der Waals surface area (Å²) in [6.07, 6.45) is 3.28. The predicted molar refractivity (Wildman–Crippen MR) is 112 cm³/mol. The van der Waals surface area contributed by atoms with E-state index in [0.717, 1.165) is 37.1 Å². The van der Waals surface area contributed by atoms with Gasteiger partial charge in [-0.05, 0) is 49.3 Å². The Morgan fingerprint density at radius 1 is 0.759 bits per heavy atom. The molecule has 1 aromatic rings. The third kappa shape index (κ3) is 8.82. The van der Waals surface area contributed by atoms with Crippen molar-refractivity contribution in [1.82, 2.24) is 0 Å². The van der Waals surface area contributed by atoms with Crippen LogP contribution < -0.4 is 0 Å². The van der Waals surface area contributed by atoms with Gasteiger partial charge in [-0.2, -0.15) is 0 Å². The van der Waals surface area contributed by atoms with Crippen LogP contribution in [-0.4, -0.2) is 13.2 Å². The average Bonchev–Trinajstić information content (AvgIpc) is 2.65. The number of benzene rings is 1. The van der Waals surface area contributed by atoms with Gasteiger partial charge in [0, 0.05) is 11.3 Å². The van der Waals surface area contributed by atoms with E-state index in [0.29, 0.717) is 25.0 Å². The maximum Gasteiger partial charge on any atom is 0.247 e. The van der Waals surface area contributed by atoms with Crippen molar-refractivity contribution in [3.05, 3.63) is 34.6 Å². The van der Waals surface area contributed by atoms with Gasteiger partial charge in [0.05, 0.1) is 13.2 Å². The number of rotatable bonds is 13. The molecule has 0 amide bonds. The van der Waals surface area contributed by atoms with E-state index < -0.39 is 46.1 Å². The second-order valence-corrected chi connectivity index (χ2v) is 13.8. The Hall–Kier alpha value is -0.210. The summed E-state index contributed by atoms with van der Waals surface area (Å²) in [6, 6.07) is 0. The normalized spacial score (nSPS) is 12.4. The third-order valence-corrected chi connectivity index (χ3v) is 9.30. The van der Waals surface area contributed by atoms with E-state index in [1.54, 1.807) is 0 Å². The van der Waals surface area contributed by atoms with Crippen LogP contribution in [0, 0.1) is 40.9 Å². The topological polar surface area (TPSA) is 18.5 Å². The lowest BCUT2D eigenvalue weighted by Gasteiger charge is -2.22. The summed E-state index contributed by atoms with van der Waals surface area (Å²) in [7, 11) is 0. The average molecular weight is 479 g/mol. The Balaban J connectivity index is 2.87. The first kappa shape index (κ1) is 26.8. The third-order valence-electron chi connectivity index (χ3n) is 4.02. The lowest BCUT2D eigenvalue weighted by atomic mass is 10.1. The minimum absolute atomic E-state index is 0.309. The van der Waals surface area contributed by atoms with Gasteiger partial charge in [-0.15, -0.1) is 0 Å². The summed E-state index contributed by atoms with van der Waals surface area (Å²) < 4.78 is 79.4. The monoisotopic (exact) mass is 478 g/mol. The number of hydrogen-bond acceptors (Lipinski definition) is 4. The van der Waals surface area contributed by atoms with Gasteiger partial charge >= 0.3 is 0 Å². The summed E-state index contributed by atoms with van der Waals surface area (Å²) in [5.74, 6) is -9.40. The summed E-state index contributed by atoms with van der Waals surface area (Å²) in [6.45, 7) is 8.88. The zero-order valence-electron chi connectivity index (χ0n) is 17.1. The first-order valence-electron chi connectivity index (χ1n) is 9.52. The van der Waals surface area contributed by atoms with Gasteiger partial charge in [-0.1, -0.05) is 39.1 Å². The Morgan fingerprint density at radius 2 is 1.14 bits per heavy atom. The van der Waals surface area contributed by atoms with Crippen LogP contribution >= 0.6 is 17.1 Å². The highest BCUT2D eigenvalue weighted by atomic mass is 32.9. The van der Waals surface area contributed by atoms with Crippen molar-refractivity contribution in [2.24, 2.45) is 11.8 Å². The van der Waals surface area contributed by atoms with Gasteiger partial charge in [0.15, 0.2) is 23.3 Å². The summed E-state index contributed by atoms with van der Waals surface area (Å²) in [4.78, 5) is 0. The maximum absolute atomic E-state index is 13.9. The smallest absolute Gasteiger partial charge is 0.247 e. The molecule has 168 valence electrons. The maximum atomic E-state index is 13.9. The van der Waals surface area contributed by atoms with Gasteiger partial charge < -0.3 is 9.05 Å². The van der Waals surface area contributed by atoms with E-state index in [4.69, 9.17) is 20.9 Å². The number of halogens is 5. The van der Waals surface area contributed by atoms with E-state index in [-0.39, 0.29) is 0 Å².